The van der Waals surface area contributed by atoms with Crippen molar-refractivity contribution < 1.29 is 0 Å². The average Bonchev–Trinajstić information content (AvgIpc) is 2.76. The SMILES string of the molecule is CCCn1c(-c2sccc2Br)n[nH]c1=S. The van der Waals surface area contributed by atoms with Gasteiger partial charge in [0.2, 0.25) is 0 Å². The molecule has 0 aromatic carbocycles. The minimum atomic E-state index is 0.687. The number of hydrogen-bond acceptors (Lipinski definition) is 3. The molecule has 2 rings (SSSR count). The Morgan fingerprint density at radius 3 is 3.07 bits per heavy atom. The second kappa shape index (κ2) is 4.59. The van der Waals surface area contributed by atoms with Crippen molar-refractivity contribution in [2.75, 3.05) is 0 Å². The largest absolute Gasteiger partial charge is 0.299 e. The highest BCUT2D eigenvalue weighted by atomic mass is 79.9. The number of H-pyrrole nitrogens is 1. The molecule has 2 aromatic rings. The van der Waals surface area contributed by atoms with Crippen molar-refractivity contribution in [2.45, 2.75) is 19.9 Å². The summed E-state index contributed by atoms with van der Waals surface area (Å²) in [7, 11) is 0. The van der Waals surface area contributed by atoms with Gasteiger partial charge in [-0.25, -0.2) is 0 Å². The lowest BCUT2D eigenvalue weighted by molar-refractivity contribution is 0.675. The Balaban J connectivity index is 2.54. The van der Waals surface area contributed by atoms with E-state index in [-0.39, 0.29) is 0 Å². The van der Waals surface area contributed by atoms with Crippen LogP contribution in [0.3, 0.4) is 0 Å². The molecule has 0 saturated carbocycles. The first-order chi connectivity index (χ1) is 7.24. The fourth-order valence-electron chi connectivity index (χ4n) is 1.38. The van der Waals surface area contributed by atoms with Gasteiger partial charge < -0.3 is 0 Å². The lowest BCUT2D eigenvalue weighted by Crippen LogP contribution is -1.99. The van der Waals surface area contributed by atoms with E-state index in [0.29, 0.717) is 4.77 Å². The summed E-state index contributed by atoms with van der Waals surface area (Å²) < 4.78 is 3.79. The van der Waals surface area contributed by atoms with Crippen LogP contribution in [0.25, 0.3) is 10.7 Å². The smallest absolute Gasteiger partial charge is 0.195 e. The van der Waals surface area contributed by atoms with Gasteiger partial charge in [-0.15, -0.1) is 11.3 Å². The van der Waals surface area contributed by atoms with Crippen molar-refractivity contribution in [3.8, 4) is 10.7 Å². The molecule has 2 heterocycles. The summed E-state index contributed by atoms with van der Waals surface area (Å²) in [6.45, 7) is 3.02. The Morgan fingerprint density at radius 2 is 2.47 bits per heavy atom. The summed E-state index contributed by atoms with van der Waals surface area (Å²) in [6.07, 6.45) is 1.05. The first kappa shape index (κ1) is 11.0. The first-order valence-corrected chi connectivity index (χ1v) is 6.70. The third-order valence-corrected chi connectivity index (χ3v) is 4.17. The zero-order valence-electron chi connectivity index (χ0n) is 8.16. The second-order valence-corrected chi connectivity index (χ2v) is 5.26. The molecule has 1 N–H and O–H groups in total. The number of aromatic nitrogens is 3. The van der Waals surface area contributed by atoms with Gasteiger partial charge in [-0.1, -0.05) is 6.92 Å². The van der Waals surface area contributed by atoms with Gasteiger partial charge in [-0.2, -0.15) is 5.10 Å². The van der Waals surface area contributed by atoms with E-state index in [1.165, 1.54) is 0 Å². The van der Waals surface area contributed by atoms with E-state index >= 15 is 0 Å². The summed E-state index contributed by atoms with van der Waals surface area (Å²) >= 11 is 10.4. The maximum absolute atomic E-state index is 5.19. The molecule has 0 radical (unpaired) electrons. The Labute approximate surface area is 105 Å². The van der Waals surface area contributed by atoms with Crippen molar-refractivity contribution in [1.29, 1.82) is 0 Å². The van der Waals surface area contributed by atoms with Crippen LogP contribution in [-0.4, -0.2) is 14.8 Å². The topological polar surface area (TPSA) is 33.6 Å². The van der Waals surface area contributed by atoms with E-state index in [4.69, 9.17) is 12.2 Å². The fraction of sp³-hybridized carbons (Fsp3) is 0.333. The number of hydrogen-bond donors (Lipinski definition) is 1. The number of halogens is 1. The van der Waals surface area contributed by atoms with E-state index < -0.39 is 0 Å². The van der Waals surface area contributed by atoms with E-state index in [0.717, 1.165) is 28.1 Å². The van der Waals surface area contributed by atoms with Gasteiger partial charge in [0, 0.05) is 11.0 Å². The predicted octanol–water partition coefficient (Wildman–Crippen LogP) is 3.84. The molecule has 3 nitrogen and oxygen atoms in total. The molecule has 0 unspecified atom stereocenters. The van der Waals surface area contributed by atoms with Gasteiger partial charge in [0.15, 0.2) is 10.6 Å². The molecule has 0 aliphatic heterocycles. The van der Waals surface area contributed by atoms with Crippen LogP contribution in [0.2, 0.25) is 0 Å². The standard InChI is InChI=1S/C9H10BrN3S2/c1-2-4-13-8(11-12-9(13)14)7-6(10)3-5-15-7/h3,5H,2,4H2,1H3,(H,12,14). The fourth-order valence-corrected chi connectivity index (χ4v) is 3.15. The Hall–Kier alpha value is -0.460. The van der Waals surface area contributed by atoms with Crippen molar-refractivity contribution in [3.63, 3.8) is 0 Å². The number of thiophene rings is 1. The maximum atomic E-state index is 5.19. The molecule has 15 heavy (non-hydrogen) atoms. The Bertz CT molecular complexity index is 511. The van der Waals surface area contributed by atoms with Gasteiger partial charge in [-0.05, 0) is 46.0 Å². The molecule has 0 amide bonds. The van der Waals surface area contributed by atoms with Crippen LogP contribution in [0.4, 0.5) is 0 Å². The minimum Gasteiger partial charge on any atom is -0.299 e. The molecular formula is C9H10BrN3S2. The van der Waals surface area contributed by atoms with E-state index in [1.807, 2.05) is 16.0 Å². The molecule has 2 aromatic heterocycles. The number of nitrogens with one attached hydrogen (secondary N) is 1. The number of nitrogens with zero attached hydrogens (tertiary/aromatic N) is 2. The normalized spacial score (nSPS) is 10.8. The van der Waals surface area contributed by atoms with Gasteiger partial charge in [0.05, 0.1) is 4.88 Å². The summed E-state index contributed by atoms with van der Waals surface area (Å²) in [6, 6.07) is 2.02. The van der Waals surface area contributed by atoms with Crippen LogP contribution in [0.1, 0.15) is 13.3 Å². The van der Waals surface area contributed by atoms with Crippen LogP contribution in [0, 0.1) is 4.77 Å². The van der Waals surface area contributed by atoms with Gasteiger partial charge in [0.25, 0.3) is 0 Å². The molecule has 0 spiro atoms. The predicted molar refractivity (Wildman–Crippen MR) is 68.7 cm³/mol. The quantitative estimate of drug-likeness (QED) is 0.874. The Morgan fingerprint density at radius 1 is 1.67 bits per heavy atom. The monoisotopic (exact) mass is 303 g/mol. The van der Waals surface area contributed by atoms with Crippen molar-refractivity contribution >= 4 is 39.5 Å². The summed E-state index contributed by atoms with van der Waals surface area (Å²) in [4.78, 5) is 1.12. The molecule has 0 fully saturated rings. The van der Waals surface area contributed by atoms with E-state index in [9.17, 15) is 0 Å². The van der Waals surface area contributed by atoms with Crippen LogP contribution < -0.4 is 0 Å². The van der Waals surface area contributed by atoms with Crippen molar-refractivity contribution in [2.24, 2.45) is 0 Å². The highest BCUT2D eigenvalue weighted by Crippen LogP contribution is 2.32. The average molecular weight is 304 g/mol. The number of rotatable bonds is 3. The van der Waals surface area contributed by atoms with Gasteiger partial charge in [0.1, 0.15) is 0 Å². The summed E-state index contributed by atoms with van der Waals surface area (Å²) in [5, 5.41) is 9.14. The molecule has 0 aliphatic rings. The molecule has 0 atom stereocenters. The van der Waals surface area contributed by atoms with Crippen molar-refractivity contribution in [1.82, 2.24) is 14.8 Å². The maximum Gasteiger partial charge on any atom is 0.195 e. The molecule has 80 valence electrons. The summed E-state index contributed by atoms with van der Waals surface area (Å²) in [5.74, 6) is 0.920. The Kier molecular flexibility index (Phi) is 3.38. The van der Waals surface area contributed by atoms with Crippen LogP contribution in [0.5, 0.6) is 0 Å². The third kappa shape index (κ3) is 2.07. The second-order valence-electron chi connectivity index (χ2n) is 3.10. The molecular weight excluding hydrogens is 294 g/mol. The zero-order chi connectivity index (χ0) is 10.8. The number of aromatic amines is 1. The first-order valence-electron chi connectivity index (χ1n) is 4.62. The minimum absolute atomic E-state index is 0.687. The van der Waals surface area contributed by atoms with Gasteiger partial charge >= 0.3 is 0 Å². The lowest BCUT2D eigenvalue weighted by atomic mass is 10.4. The van der Waals surface area contributed by atoms with Crippen molar-refractivity contribution in [3.05, 3.63) is 20.7 Å². The highest BCUT2D eigenvalue weighted by Gasteiger charge is 2.12. The van der Waals surface area contributed by atoms with E-state index in [1.54, 1.807) is 11.3 Å². The van der Waals surface area contributed by atoms with Crippen LogP contribution in [0.15, 0.2) is 15.9 Å². The highest BCUT2D eigenvalue weighted by molar-refractivity contribution is 9.10. The zero-order valence-corrected chi connectivity index (χ0v) is 11.4. The van der Waals surface area contributed by atoms with E-state index in [2.05, 4.69) is 33.1 Å². The molecule has 0 bridgehead atoms. The molecule has 0 saturated heterocycles. The molecule has 0 aliphatic carbocycles. The van der Waals surface area contributed by atoms with Crippen LogP contribution >= 0.6 is 39.5 Å². The molecule has 6 heteroatoms. The van der Waals surface area contributed by atoms with Gasteiger partial charge in [-0.3, -0.25) is 9.67 Å². The lowest BCUT2D eigenvalue weighted by Gasteiger charge is -2.03. The van der Waals surface area contributed by atoms with Crippen LogP contribution in [-0.2, 0) is 6.54 Å². The summed E-state index contributed by atoms with van der Waals surface area (Å²) in [5.41, 5.74) is 0. The third-order valence-electron chi connectivity index (χ3n) is 2.03.